The summed E-state index contributed by atoms with van der Waals surface area (Å²) in [6.07, 6.45) is 6.12. The molecule has 2 fully saturated rings. The van der Waals surface area contributed by atoms with Crippen molar-refractivity contribution in [3.05, 3.63) is 70.0 Å². The lowest BCUT2D eigenvalue weighted by molar-refractivity contribution is -0.131. The Hall–Kier alpha value is -2.42. The standard InChI is InChI=1S/C24H27ClFN3O3S/c1-16-11-18(23(12-22(16)25)27-33(2,31)32)5-10-24(30)29-20-8-9-21(29)15-28(14-20)13-17-3-6-19(26)7-4-17/h3-7,10-12,20-21,27H,8-9,13-15H2,1-2H3/b10-5+. The number of rotatable bonds is 6. The molecule has 2 aromatic carbocycles. The number of halogens is 2. The molecule has 1 amide bonds. The minimum absolute atomic E-state index is 0.0816. The van der Waals surface area contributed by atoms with Gasteiger partial charge in [-0.25, -0.2) is 12.8 Å². The van der Waals surface area contributed by atoms with Crippen LogP contribution in [0.5, 0.6) is 0 Å². The van der Waals surface area contributed by atoms with Crippen LogP contribution in [0.4, 0.5) is 10.1 Å². The first-order chi connectivity index (χ1) is 15.6. The van der Waals surface area contributed by atoms with Crippen LogP contribution in [-0.4, -0.2) is 55.6 Å². The highest BCUT2D eigenvalue weighted by Crippen LogP contribution is 2.32. The number of nitrogens with one attached hydrogen (secondary N) is 1. The molecular weight excluding hydrogens is 465 g/mol. The van der Waals surface area contributed by atoms with Crippen molar-refractivity contribution < 1.29 is 17.6 Å². The number of carbonyl (C=O) groups excluding carboxylic acids is 1. The van der Waals surface area contributed by atoms with Crippen molar-refractivity contribution in [1.29, 1.82) is 0 Å². The normalized spacial score (nSPS) is 21.0. The van der Waals surface area contributed by atoms with E-state index in [9.17, 15) is 17.6 Å². The molecule has 0 saturated carbocycles. The summed E-state index contributed by atoms with van der Waals surface area (Å²) >= 11 is 6.17. The summed E-state index contributed by atoms with van der Waals surface area (Å²) in [5.41, 5.74) is 2.76. The number of carbonyl (C=O) groups is 1. The second-order valence-electron chi connectivity index (χ2n) is 8.85. The number of hydrogen-bond acceptors (Lipinski definition) is 4. The molecule has 0 aliphatic carbocycles. The van der Waals surface area contributed by atoms with E-state index in [0.717, 1.165) is 49.9 Å². The molecular formula is C24H27ClFN3O3S. The zero-order chi connectivity index (χ0) is 23.8. The monoisotopic (exact) mass is 491 g/mol. The Kier molecular flexibility index (Phi) is 6.79. The van der Waals surface area contributed by atoms with E-state index in [1.807, 2.05) is 11.8 Å². The molecule has 2 heterocycles. The number of fused-ring (bicyclic) bond motifs is 2. The average Bonchev–Trinajstić information content (AvgIpc) is 3.00. The van der Waals surface area contributed by atoms with Crippen molar-refractivity contribution in [2.45, 2.75) is 38.4 Å². The molecule has 0 aromatic heterocycles. The first-order valence-corrected chi connectivity index (χ1v) is 13.1. The van der Waals surface area contributed by atoms with Crippen LogP contribution in [0.3, 0.4) is 0 Å². The van der Waals surface area contributed by atoms with Gasteiger partial charge in [0.25, 0.3) is 0 Å². The summed E-state index contributed by atoms with van der Waals surface area (Å²) in [4.78, 5) is 17.4. The van der Waals surface area contributed by atoms with Gasteiger partial charge in [-0.05, 0) is 66.8 Å². The third kappa shape index (κ3) is 5.75. The van der Waals surface area contributed by atoms with Gasteiger partial charge in [-0.1, -0.05) is 23.7 Å². The van der Waals surface area contributed by atoms with Gasteiger partial charge >= 0.3 is 0 Å². The van der Waals surface area contributed by atoms with Gasteiger partial charge in [-0.3, -0.25) is 14.4 Å². The number of nitrogens with zero attached hydrogens (tertiary/aromatic N) is 2. The third-order valence-electron chi connectivity index (χ3n) is 6.16. The quantitative estimate of drug-likeness (QED) is 0.619. The van der Waals surface area contributed by atoms with Crippen molar-refractivity contribution in [3.63, 3.8) is 0 Å². The van der Waals surface area contributed by atoms with Crippen molar-refractivity contribution in [3.8, 4) is 0 Å². The summed E-state index contributed by atoms with van der Waals surface area (Å²) < 4.78 is 39.1. The number of hydrogen-bond donors (Lipinski definition) is 1. The molecule has 2 aliphatic heterocycles. The maximum absolute atomic E-state index is 13.2. The molecule has 2 aliphatic rings. The van der Waals surface area contributed by atoms with Gasteiger partial charge in [0.05, 0.1) is 11.9 Å². The molecule has 2 bridgehead atoms. The minimum atomic E-state index is -3.49. The van der Waals surface area contributed by atoms with Gasteiger partial charge in [0.15, 0.2) is 0 Å². The van der Waals surface area contributed by atoms with E-state index in [0.29, 0.717) is 16.3 Å². The zero-order valence-corrected chi connectivity index (χ0v) is 20.2. The lowest BCUT2D eigenvalue weighted by atomic mass is 10.1. The minimum Gasteiger partial charge on any atom is -0.331 e. The van der Waals surface area contributed by atoms with E-state index in [2.05, 4.69) is 9.62 Å². The Labute approximate surface area is 199 Å². The number of benzene rings is 2. The van der Waals surface area contributed by atoms with E-state index >= 15 is 0 Å². The highest BCUT2D eigenvalue weighted by molar-refractivity contribution is 7.92. The van der Waals surface area contributed by atoms with Crippen molar-refractivity contribution in [2.75, 3.05) is 24.1 Å². The molecule has 1 N–H and O–H groups in total. The number of amides is 1. The maximum atomic E-state index is 13.2. The third-order valence-corrected chi connectivity index (χ3v) is 7.16. The van der Waals surface area contributed by atoms with Gasteiger partial charge in [0.2, 0.25) is 15.9 Å². The number of piperazine rings is 1. The number of likely N-dealkylation sites (tertiary alicyclic amines) is 1. The van der Waals surface area contributed by atoms with Crippen LogP contribution in [0.2, 0.25) is 5.02 Å². The van der Waals surface area contributed by atoms with Crippen molar-refractivity contribution in [2.24, 2.45) is 0 Å². The Morgan fingerprint density at radius 3 is 2.42 bits per heavy atom. The number of sulfonamides is 1. The molecule has 0 spiro atoms. The van der Waals surface area contributed by atoms with Gasteiger partial charge in [0.1, 0.15) is 5.82 Å². The summed E-state index contributed by atoms with van der Waals surface area (Å²) in [5.74, 6) is -0.325. The van der Waals surface area contributed by atoms with Gasteiger partial charge in [-0.15, -0.1) is 0 Å². The SMILES string of the molecule is Cc1cc(/C=C/C(=O)N2C3CCC2CN(Cc2ccc(F)cc2)C3)c(NS(C)(=O)=O)cc1Cl. The van der Waals surface area contributed by atoms with E-state index < -0.39 is 10.0 Å². The molecule has 176 valence electrons. The second-order valence-corrected chi connectivity index (χ2v) is 11.0. The predicted molar refractivity (Wildman–Crippen MR) is 129 cm³/mol. The van der Waals surface area contributed by atoms with E-state index in [-0.39, 0.29) is 23.8 Å². The fourth-order valence-electron chi connectivity index (χ4n) is 4.70. The molecule has 2 atom stereocenters. The summed E-state index contributed by atoms with van der Waals surface area (Å²) in [6.45, 7) is 4.10. The summed E-state index contributed by atoms with van der Waals surface area (Å²) in [5, 5.41) is 0.444. The van der Waals surface area contributed by atoms with Crippen LogP contribution in [0, 0.1) is 12.7 Å². The average molecular weight is 492 g/mol. The van der Waals surface area contributed by atoms with Crippen LogP contribution in [0.1, 0.15) is 29.5 Å². The van der Waals surface area contributed by atoms with Gasteiger partial charge in [-0.2, -0.15) is 0 Å². The van der Waals surface area contributed by atoms with E-state index in [1.54, 1.807) is 30.3 Å². The fourth-order valence-corrected chi connectivity index (χ4v) is 5.44. The van der Waals surface area contributed by atoms with Crippen LogP contribution in [-0.2, 0) is 21.4 Å². The highest BCUT2D eigenvalue weighted by atomic mass is 35.5. The summed E-state index contributed by atoms with van der Waals surface area (Å²) in [6, 6.07) is 10.1. The highest BCUT2D eigenvalue weighted by Gasteiger charge is 2.41. The summed E-state index contributed by atoms with van der Waals surface area (Å²) in [7, 11) is -3.49. The van der Waals surface area contributed by atoms with Crippen LogP contribution in [0.25, 0.3) is 6.08 Å². The Balaban J connectivity index is 1.46. The van der Waals surface area contributed by atoms with E-state index in [1.165, 1.54) is 18.2 Å². The second kappa shape index (κ2) is 9.44. The zero-order valence-electron chi connectivity index (χ0n) is 18.6. The maximum Gasteiger partial charge on any atom is 0.247 e. The fraction of sp³-hybridized carbons (Fsp3) is 0.375. The lowest BCUT2D eigenvalue weighted by Gasteiger charge is -2.40. The Bertz CT molecular complexity index is 1170. The molecule has 4 rings (SSSR count). The predicted octanol–water partition coefficient (Wildman–Crippen LogP) is 4.05. The van der Waals surface area contributed by atoms with Gasteiger partial charge in [0, 0.05) is 42.8 Å². The van der Waals surface area contributed by atoms with Crippen LogP contribution in [0.15, 0.2) is 42.5 Å². The molecule has 0 radical (unpaired) electrons. The van der Waals surface area contributed by atoms with Crippen LogP contribution >= 0.6 is 11.6 Å². The first kappa shape index (κ1) is 23.7. The topological polar surface area (TPSA) is 69.7 Å². The van der Waals surface area contributed by atoms with Crippen molar-refractivity contribution in [1.82, 2.24) is 9.80 Å². The first-order valence-electron chi connectivity index (χ1n) is 10.8. The van der Waals surface area contributed by atoms with Crippen LogP contribution < -0.4 is 4.72 Å². The largest absolute Gasteiger partial charge is 0.331 e. The smallest absolute Gasteiger partial charge is 0.247 e. The molecule has 33 heavy (non-hydrogen) atoms. The molecule has 2 unspecified atom stereocenters. The Morgan fingerprint density at radius 1 is 1.18 bits per heavy atom. The number of anilines is 1. The molecule has 2 aromatic rings. The molecule has 9 heteroatoms. The number of aryl methyl sites for hydroxylation is 1. The van der Waals surface area contributed by atoms with Gasteiger partial charge < -0.3 is 4.90 Å². The lowest BCUT2D eigenvalue weighted by Crippen LogP contribution is -2.55. The van der Waals surface area contributed by atoms with Crippen molar-refractivity contribution >= 4 is 39.3 Å². The Morgan fingerprint density at radius 2 is 1.82 bits per heavy atom. The van der Waals surface area contributed by atoms with E-state index in [4.69, 9.17) is 11.6 Å². The molecule has 6 nitrogen and oxygen atoms in total. The molecule has 2 saturated heterocycles.